The van der Waals surface area contributed by atoms with E-state index in [9.17, 15) is 10.4 Å². The van der Waals surface area contributed by atoms with Crippen LogP contribution in [0.5, 0.6) is 5.88 Å². The number of aromatic nitrogens is 2. The number of hydrogen-bond donors (Lipinski definition) is 1. The molecule has 178 valence electrons. The number of hydrogen-bond acceptors (Lipinski definition) is 5. The maximum absolute atomic E-state index is 10.2. The molecule has 0 amide bonds. The van der Waals surface area contributed by atoms with Gasteiger partial charge in [-0.25, -0.2) is 0 Å². The molecular formula is C30H25N3O2S. The predicted molar refractivity (Wildman–Crippen MR) is 142 cm³/mol. The number of imidazole rings is 1. The summed E-state index contributed by atoms with van der Waals surface area (Å²) in [6.07, 6.45) is 3.10. The molecule has 0 saturated carbocycles. The van der Waals surface area contributed by atoms with Crippen molar-refractivity contribution in [3.05, 3.63) is 90.1 Å². The second-order valence-electron chi connectivity index (χ2n) is 9.37. The molecule has 6 rings (SSSR count). The number of nitrogens with zero attached hydrogens (tertiary/aromatic N) is 3. The lowest BCUT2D eigenvalue weighted by molar-refractivity contribution is 0.0675. The molecule has 0 atom stereocenters. The summed E-state index contributed by atoms with van der Waals surface area (Å²) in [6, 6.07) is 27.8. The van der Waals surface area contributed by atoms with E-state index in [4.69, 9.17) is 4.74 Å². The van der Waals surface area contributed by atoms with Crippen LogP contribution in [-0.2, 0) is 10.2 Å². The van der Waals surface area contributed by atoms with Crippen LogP contribution in [0.3, 0.4) is 0 Å². The summed E-state index contributed by atoms with van der Waals surface area (Å²) >= 11 is 1.67. The molecule has 0 spiro atoms. The minimum atomic E-state index is -0.485. The Hall–Kier alpha value is -3.79. The number of ether oxygens (including phenoxy) is 1. The summed E-state index contributed by atoms with van der Waals surface area (Å²) in [5.74, 6) is 0.00159. The van der Waals surface area contributed by atoms with Crippen molar-refractivity contribution in [1.29, 1.82) is 5.26 Å². The van der Waals surface area contributed by atoms with Gasteiger partial charge in [0.2, 0.25) is 5.88 Å². The quantitative estimate of drug-likeness (QED) is 0.296. The molecule has 1 fully saturated rings. The average Bonchev–Trinajstić information content (AvgIpc) is 3.29. The molecule has 1 N–H and O–H groups in total. The lowest BCUT2D eigenvalue weighted by Gasteiger charge is -2.31. The minimum absolute atomic E-state index is 0.00159. The Kier molecular flexibility index (Phi) is 5.67. The second kappa shape index (κ2) is 9.02. The van der Waals surface area contributed by atoms with Crippen LogP contribution in [-0.4, -0.2) is 27.7 Å². The van der Waals surface area contributed by atoms with Gasteiger partial charge in [0.25, 0.3) is 0 Å². The summed E-state index contributed by atoms with van der Waals surface area (Å²) in [6.45, 7) is 3.32. The molecule has 1 aliphatic heterocycles. The molecule has 5 nitrogen and oxygen atoms in total. The van der Waals surface area contributed by atoms with Crippen LogP contribution in [0.1, 0.15) is 24.0 Å². The standard InChI is InChI=1S/C30H25N3O2S/c1-20-4-2-5-21(14-20)26-17-28-32-29(34)18-33(28)27-16-24(8-9-25(26)27)36-23-7-3-6-22(15-23)30(19-31)10-12-35-13-11-30/h2-9,14-18,34H,10-13H2,1H3. The molecule has 6 heteroatoms. The van der Waals surface area contributed by atoms with E-state index < -0.39 is 5.41 Å². The Morgan fingerprint density at radius 2 is 1.81 bits per heavy atom. The Labute approximate surface area is 214 Å². The van der Waals surface area contributed by atoms with Gasteiger partial charge in [0.15, 0.2) is 0 Å². The molecule has 36 heavy (non-hydrogen) atoms. The van der Waals surface area contributed by atoms with Crippen LogP contribution in [0.15, 0.2) is 88.8 Å². The molecule has 2 aromatic heterocycles. The maximum Gasteiger partial charge on any atom is 0.230 e. The van der Waals surface area contributed by atoms with Crippen LogP contribution >= 0.6 is 11.8 Å². The summed E-state index contributed by atoms with van der Waals surface area (Å²) < 4.78 is 7.46. The molecule has 1 aliphatic rings. The van der Waals surface area contributed by atoms with E-state index >= 15 is 0 Å². The third kappa shape index (κ3) is 4.01. The van der Waals surface area contributed by atoms with Crippen molar-refractivity contribution in [1.82, 2.24) is 9.38 Å². The summed E-state index contributed by atoms with van der Waals surface area (Å²) in [7, 11) is 0. The van der Waals surface area contributed by atoms with Crippen molar-refractivity contribution in [3.63, 3.8) is 0 Å². The van der Waals surface area contributed by atoms with Gasteiger partial charge < -0.3 is 9.84 Å². The highest BCUT2D eigenvalue weighted by Crippen LogP contribution is 2.39. The lowest BCUT2D eigenvalue weighted by atomic mass is 9.75. The Morgan fingerprint density at radius 1 is 1.00 bits per heavy atom. The van der Waals surface area contributed by atoms with E-state index in [2.05, 4.69) is 78.6 Å². The summed E-state index contributed by atoms with van der Waals surface area (Å²) in [5, 5.41) is 21.2. The first-order valence-electron chi connectivity index (χ1n) is 12.0. The van der Waals surface area contributed by atoms with Gasteiger partial charge in [-0.1, -0.05) is 59.8 Å². The van der Waals surface area contributed by atoms with Crippen molar-refractivity contribution < 1.29 is 9.84 Å². The predicted octanol–water partition coefficient (Wildman–Crippen LogP) is 6.89. The lowest BCUT2D eigenvalue weighted by Crippen LogP contribution is -2.32. The number of rotatable bonds is 4. The fourth-order valence-electron chi connectivity index (χ4n) is 5.11. The van der Waals surface area contributed by atoms with Crippen LogP contribution < -0.4 is 0 Å². The first-order valence-corrected chi connectivity index (χ1v) is 12.9. The molecule has 3 aromatic carbocycles. The molecule has 0 bridgehead atoms. The van der Waals surface area contributed by atoms with E-state index in [1.807, 2.05) is 16.5 Å². The Bertz CT molecular complexity index is 1640. The molecule has 0 aliphatic carbocycles. The summed E-state index contributed by atoms with van der Waals surface area (Å²) in [5.41, 5.74) is 5.66. The molecule has 0 radical (unpaired) electrons. The first kappa shape index (κ1) is 22.7. The average molecular weight is 492 g/mol. The molecule has 1 saturated heterocycles. The van der Waals surface area contributed by atoms with E-state index in [0.29, 0.717) is 18.9 Å². The topological polar surface area (TPSA) is 70.5 Å². The van der Waals surface area contributed by atoms with Gasteiger partial charge in [-0.05, 0) is 66.8 Å². The smallest absolute Gasteiger partial charge is 0.230 e. The van der Waals surface area contributed by atoms with Crippen LogP contribution in [0.2, 0.25) is 0 Å². The zero-order valence-corrected chi connectivity index (χ0v) is 20.8. The Morgan fingerprint density at radius 3 is 2.61 bits per heavy atom. The van der Waals surface area contributed by atoms with Gasteiger partial charge in [0, 0.05) is 28.4 Å². The monoisotopic (exact) mass is 491 g/mol. The first-order chi connectivity index (χ1) is 17.5. The van der Waals surface area contributed by atoms with Gasteiger partial charge in [0.1, 0.15) is 5.65 Å². The molecule has 0 unspecified atom stereocenters. The van der Waals surface area contributed by atoms with Crippen molar-refractivity contribution in [3.8, 4) is 23.1 Å². The highest BCUT2D eigenvalue weighted by Gasteiger charge is 2.34. The van der Waals surface area contributed by atoms with Crippen molar-refractivity contribution in [2.45, 2.75) is 35.0 Å². The van der Waals surface area contributed by atoms with Crippen molar-refractivity contribution in [2.24, 2.45) is 0 Å². The maximum atomic E-state index is 10.2. The highest BCUT2D eigenvalue weighted by molar-refractivity contribution is 7.99. The third-order valence-corrected chi connectivity index (χ3v) is 8.00. The molecular weight excluding hydrogens is 466 g/mol. The largest absolute Gasteiger partial charge is 0.492 e. The van der Waals surface area contributed by atoms with Gasteiger partial charge in [-0.2, -0.15) is 10.2 Å². The number of nitriles is 1. The molecule has 3 heterocycles. The second-order valence-corrected chi connectivity index (χ2v) is 10.5. The van der Waals surface area contributed by atoms with Crippen LogP contribution in [0.25, 0.3) is 27.7 Å². The number of aromatic hydroxyl groups is 1. The zero-order valence-electron chi connectivity index (χ0n) is 19.9. The van der Waals surface area contributed by atoms with Crippen LogP contribution in [0, 0.1) is 18.3 Å². The normalized spacial score (nSPS) is 15.2. The van der Waals surface area contributed by atoms with E-state index in [1.165, 1.54) is 5.56 Å². The number of aryl methyl sites for hydroxylation is 1. The molecule has 5 aromatic rings. The zero-order chi connectivity index (χ0) is 24.7. The minimum Gasteiger partial charge on any atom is -0.492 e. The van der Waals surface area contributed by atoms with Crippen molar-refractivity contribution >= 4 is 28.3 Å². The fraction of sp³-hybridized carbons (Fsp3) is 0.200. The SMILES string of the molecule is Cc1cccc(-c2cc3nc(O)cn3c3cc(Sc4cccc(C5(C#N)CCOCC5)c4)ccc23)c1. The number of benzene rings is 3. The van der Waals surface area contributed by atoms with Crippen LogP contribution in [0.4, 0.5) is 0 Å². The summed E-state index contributed by atoms with van der Waals surface area (Å²) in [4.78, 5) is 6.50. The van der Waals surface area contributed by atoms with E-state index in [0.717, 1.165) is 50.2 Å². The van der Waals surface area contributed by atoms with E-state index in [-0.39, 0.29) is 5.88 Å². The van der Waals surface area contributed by atoms with E-state index in [1.54, 1.807) is 18.0 Å². The van der Waals surface area contributed by atoms with Gasteiger partial charge in [0.05, 0.1) is 23.2 Å². The highest BCUT2D eigenvalue weighted by atomic mass is 32.2. The number of pyridine rings is 1. The van der Waals surface area contributed by atoms with Crippen molar-refractivity contribution in [2.75, 3.05) is 13.2 Å². The van der Waals surface area contributed by atoms with Gasteiger partial charge >= 0.3 is 0 Å². The fourth-order valence-corrected chi connectivity index (χ4v) is 6.03. The van der Waals surface area contributed by atoms with Gasteiger partial charge in [-0.3, -0.25) is 4.40 Å². The Balaban J connectivity index is 1.43. The third-order valence-electron chi connectivity index (χ3n) is 7.02. The van der Waals surface area contributed by atoms with Gasteiger partial charge in [-0.15, -0.1) is 0 Å². The number of fused-ring (bicyclic) bond motifs is 3.